The van der Waals surface area contributed by atoms with E-state index in [1.54, 1.807) is 0 Å². The summed E-state index contributed by atoms with van der Waals surface area (Å²) < 4.78 is 11.3. The Hall–Kier alpha value is -3.72. The van der Waals surface area contributed by atoms with Gasteiger partial charge in [-0.15, -0.1) is 0 Å². The zero-order valence-corrected chi connectivity index (χ0v) is 20.4. The van der Waals surface area contributed by atoms with Crippen molar-refractivity contribution in [1.82, 2.24) is 10.3 Å². The van der Waals surface area contributed by atoms with Crippen LogP contribution in [0.1, 0.15) is 32.7 Å². The number of nitrogens with one attached hydrogen (secondary N) is 1. The third kappa shape index (κ3) is 3.83. The summed E-state index contributed by atoms with van der Waals surface area (Å²) in [7, 11) is 0. The molecule has 184 valence electrons. The van der Waals surface area contributed by atoms with Gasteiger partial charge in [-0.3, -0.25) is 4.79 Å². The van der Waals surface area contributed by atoms with E-state index in [0.717, 1.165) is 55.1 Å². The van der Waals surface area contributed by atoms with Crippen molar-refractivity contribution in [3.05, 3.63) is 75.6 Å². The van der Waals surface area contributed by atoms with Crippen molar-refractivity contribution < 1.29 is 18.6 Å². The number of ether oxygens (including phenoxy) is 1. The molecular formula is C28H28N4O4. The number of benzene rings is 3. The molecule has 5 aromatic rings. The van der Waals surface area contributed by atoms with Crippen molar-refractivity contribution in [1.29, 1.82) is 0 Å². The van der Waals surface area contributed by atoms with Gasteiger partial charge in [-0.25, -0.2) is 4.98 Å². The topological polar surface area (TPSA) is 113 Å². The molecule has 2 aromatic carbocycles. The number of quaternary nitrogens is 1. The fourth-order valence-corrected chi connectivity index (χ4v) is 5.35. The van der Waals surface area contributed by atoms with E-state index in [2.05, 4.69) is 16.4 Å². The lowest BCUT2D eigenvalue weighted by atomic mass is 9.99. The summed E-state index contributed by atoms with van der Waals surface area (Å²) in [6.45, 7) is 6.57. The summed E-state index contributed by atoms with van der Waals surface area (Å²) in [4.78, 5) is 17.3. The number of amides is 1. The van der Waals surface area contributed by atoms with Crippen LogP contribution in [0.5, 0.6) is 0 Å². The SMILES string of the molecule is Cc1cc(N)nc(C)c1CNC(=O)c1ccc2c(c1)c1oc2c2ccc(C[N+]3([O-])CCOCC3)cc21. The monoisotopic (exact) mass is 484 g/mol. The summed E-state index contributed by atoms with van der Waals surface area (Å²) in [5.41, 5.74) is 11.7. The van der Waals surface area contributed by atoms with Crippen molar-refractivity contribution in [3.63, 3.8) is 0 Å². The molecular weight excluding hydrogens is 456 g/mol. The molecule has 8 heteroatoms. The lowest BCUT2D eigenvalue weighted by Gasteiger charge is -2.45. The first kappa shape index (κ1) is 22.7. The third-order valence-electron chi connectivity index (χ3n) is 7.31. The number of fused-ring (bicyclic) bond motifs is 8. The van der Waals surface area contributed by atoms with Gasteiger partial charge in [-0.2, -0.15) is 0 Å². The van der Waals surface area contributed by atoms with Crippen LogP contribution >= 0.6 is 0 Å². The molecule has 3 N–H and O–H groups in total. The molecule has 0 saturated carbocycles. The predicted molar refractivity (Wildman–Crippen MR) is 140 cm³/mol. The van der Waals surface area contributed by atoms with Gasteiger partial charge in [0.05, 0.1) is 13.2 Å². The fraction of sp³-hybridized carbons (Fsp3) is 0.286. The zero-order valence-electron chi connectivity index (χ0n) is 20.4. The van der Waals surface area contributed by atoms with E-state index >= 15 is 0 Å². The van der Waals surface area contributed by atoms with Crippen molar-refractivity contribution in [2.75, 3.05) is 32.0 Å². The van der Waals surface area contributed by atoms with E-state index in [0.29, 0.717) is 50.8 Å². The number of carbonyl (C=O) groups is 1. The van der Waals surface area contributed by atoms with Crippen LogP contribution in [0.3, 0.4) is 0 Å². The minimum absolute atomic E-state index is 0.166. The number of pyridine rings is 1. The van der Waals surface area contributed by atoms with E-state index in [1.165, 1.54) is 0 Å². The number of aromatic nitrogens is 1. The third-order valence-corrected chi connectivity index (χ3v) is 7.31. The van der Waals surface area contributed by atoms with Crippen LogP contribution in [0, 0.1) is 19.1 Å². The van der Waals surface area contributed by atoms with Gasteiger partial charge in [0.15, 0.2) is 0 Å². The maximum absolute atomic E-state index is 13.1. The second kappa shape index (κ2) is 8.44. The van der Waals surface area contributed by atoms with Crippen LogP contribution in [0.25, 0.3) is 32.7 Å². The number of hydrogen-bond donors (Lipinski definition) is 2. The highest BCUT2D eigenvalue weighted by Gasteiger charge is 2.24. The predicted octanol–water partition coefficient (Wildman–Crippen LogP) is 4.55. The maximum Gasteiger partial charge on any atom is 0.251 e. The molecule has 0 aliphatic carbocycles. The number of furan rings is 2. The number of aryl methyl sites for hydroxylation is 2. The Labute approximate surface area is 208 Å². The summed E-state index contributed by atoms with van der Waals surface area (Å²) in [6, 6.07) is 13.6. The Morgan fingerprint density at radius 2 is 1.72 bits per heavy atom. The number of rotatable bonds is 5. The Balaban J connectivity index is 1.29. The Kier molecular flexibility index (Phi) is 5.33. The molecule has 0 atom stereocenters. The number of anilines is 1. The number of carbonyl (C=O) groups excluding carboxylic acids is 1. The van der Waals surface area contributed by atoms with Gasteiger partial charge in [-0.1, -0.05) is 6.07 Å². The maximum atomic E-state index is 13.1. The van der Waals surface area contributed by atoms with Gasteiger partial charge >= 0.3 is 0 Å². The standard InChI is InChI=1S/C28H28N4O4/c1-16-11-25(29)31-17(2)24(16)14-30-28(33)19-4-6-21-23(13-19)27-22-12-18(3-5-20(22)26(21)36-27)15-32(34)7-9-35-10-8-32/h3-6,11-13H,7-10,14-15H2,1-2H3,(H2,29,31)(H,30,33). The Bertz CT molecular complexity index is 1590. The van der Waals surface area contributed by atoms with Crippen LogP contribution in [0.15, 0.2) is 46.9 Å². The summed E-state index contributed by atoms with van der Waals surface area (Å²) >= 11 is 0. The minimum Gasteiger partial charge on any atom is -0.632 e. The van der Waals surface area contributed by atoms with Crippen molar-refractivity contribution >= 4 is 44.4 Å². The first-order chi connectivity index (χ1) is 17.3. The highest BCUT2D eigenvalue weighted by atomic mass is 16.6. The number of hydrogen-bond acceptors (Lipinski definition) is 6. The smallest absolute Gasteiger partial charge is 0.251 e. The van der Waals surface area contributed by atoms with E-state index in [1.807, 2.05) is 50.2 Å². The van der Waals surface area contributed by atoms with Crippen molar-refractivity contribution in [3.8, 4) is 0 Å². The average Bonchev–Trinajstić information content (AvgIpc) is 3.40. The van der Waals surface area contributed by atoms with Crippen LogP contribution in [0.4, 0.5) is 5.82 Å². The fourth-order valence-electron chi connectivity index (χ4n) is 5.35. The zero-order chi connectivity index (χ0) is 25.0. The molecule has 1 aliphatic rings. The van der Waals surface area contributed by atoms with Crippen molar-refractivity contribution in [2.24, 2.45) is 0 Å². The number of nitrogens with zero attached hydrogens (tertiary/aromatic N) is 2. The molecule has 2 bridgehead atoms. The largest absolute Gasteiger partial charge is 0.632 e. The Morgan fingerprint density at radius 3 is 2.47 bits per heavy atom. The highest BCUT2D eigenvalue weighted by Crippen LogP contribution is 2.41. The molecule has 1 fully saturated rings. The second-order valence-electron chi connectivity index (χ2n) is 9.79. The second-order valence-corrected chi connectivity index (χ2v) is 9.79. The first-order valence-corrected chi connectivity index (χ1v) is 12.2. The Morgan fingerprint density at radius 1 is 1.03 bits per heavy atom. The van der Waals surface area contributed by atoms with Crippen LogP contribution < -0.4 is 11.1 Å². The summed E-state index contributed by atoms with van der Waals surface area (Å²) in [6.07, 6.45) is 0. The molecule has 6 rings (SSSR count). The molecule has 36 heavy (non-hydrogen) atoms. The van der Waals surface area contributed by atoms with Crippen molar-refractivity contribution in [2.45, 2.75) is 26.9 Å². The molecule has 1 saturated heterocycles. The summed E-state index contributed by atoms with van der Waals surface area (Å²) in [5.74, 6) is 0.310. The molecule has 0 spiro atoms. The van der Waals surface area contributed by atoms with E-state index in [4.69, 9.17) is 14.9 Å². The van der Waals surface area contributed by atoms with Gasteiger partial charge in [0, 0.05) is 44.9 Å². The van der Waals surface area contributed by atoms with Gasteiger partial charge in [0.1, 0.15) is 36.6 Å². The highest BCUT2D eigenvalue weighted by molar-refractivity contribution is 6.25. The molecule has 0 unspecified atom stereocenters. The van der Waals surface area contributed by atoms with E-state index < -0.39 is 0 Å². The normalized spacial score (nSPS) is 15.8. The van der Waals surface area contributed by atoms with Crippen LogP contribution in [-0.2, 0) is 17.8 Å². The molecule has 1 amide bonds. The van der Waals surface area contributed by atoms with Gasteiger partial charge in [0.25, 0.3) is 5.91 Å². The molecule has 8 nitrogen and oxygen atoms in total. The van der Waals surface area contributed by atoms with Crippen LogP contribution in [0.2, 0.25) is 0 Å². The van der Waals surface area contributed by atoms with Gasteiger partial charge < -0.3 is 30.1 Å². The lowest BCUT2D eigenvalue weighted by Crippen LogP contribution is -2.49. The minimum atomic E-state index is -0.269. The lowest BCUT2D eigenvalue weighted by molar-refractivity contribution is -0.901. The van der Waals surface area contributed by atoms with E-state index in [-0.39, 0.29) is 10.6 Å². The van der Waals surface area contributed by atoms with Gasteiger partial charge in [0.2, 0.25) is 0 Å². The molecule has 4 heterocycles. The molecule has 0 radical (unpaired) electrons. The molecule has 1 aliphatic heterocycles. The average molecular weight is 485 g/mol. The first-order valence-electron chi connectivity index (χ1n) is 12.2. The van der Waals surface area contributed by atoms with E-state index in [9.17, 15) is 10.0 Å². The quantitative estimate of drug-likeness (QED) is 0.215. The number of nitrogens with two attached hydrogens (primary N) is 1. The number of nitrogen functional groups attached to an aromatic ring is 1. The molecule has 3 aromatic heterocycles. The van der Waals surface area contributed by atoms with Crippen LogP contribution in [-0.4, -0.2) is 41.8 Å². The number of morpholine rings is 1. The van der Waals surface area contributed by atoms with Gasteiger partial charge in [-0.05, 0) is 61.4 Å². The summed E-state index contributed by atoms with van der Waals surface area (Å²) in [5, 5.41) is 20.0. The number of hydroxylamine groups is 3.